The number of methoxy groups -OCH3 is 1. The third-order valence-corrected chi connectivity index (χ3v) is 4.56. The van der Waals surface area contributed by atoms with Crippen molar-refractivity contribution in [3.05, 3.63) is 65.2 Å². The number of hydrogen-bond donors (Lipinski definition) is 1. The fourth-order valence-corrected chi connectivity index (χ4v) is 3.13. The van der Waals surface area contributed by atoms with Gasteiger partial charge in [0, 0.05) is 12.5 Å². The summed E-state index contributed by atoms with van der Waals surface area (Å²) < 4.78 is 11.4. The van der Waals surface area contributed by atoms with Crippen molar-refractivity contribution < 1.29 is 9.47 Å². The fraction of sp³-hybridized carbons (Fsp3) is 0.400. The topological polar surface area (TPSA) is 30.5 Å². The highest BCUT2D eigenvalue weighted by atomic mass is 16.5. The molecule has 3 heteroatoms. The van der Waals surface area contributed by atoms with Gasteiger partial charge in [-0.1, -0.05) is 42.0 Å². The van der Waals surface area contributed by atoms with Crippen LogP contribution in [0.5, 0.6) is 5.75 Å². The lowest BCUT2D eigenvalue weighted by Crippen LogP contribution is -2.40. The van der Waals surface area contributed by atoms with Gasteiger partial charge in [-0.25, -0.2) is 0 Å². The largest absolute Gasteiger partial charge is 0.497 e. The number of nitrogens with one attached hydrogen (secondary N) is 1. The summed E-state index contributed by atoms with van der Waals surface area (Å²) in [5, 5.41) is 3.46. The van der Waals surface area contributed by atoms with Crippen molar-refractivity contribution >= 4 is 0 Å². The Morgan fingerprint density at radius 2 is 1.78 bits per heavy atom. The van der Waals surface area contributed by atoms with E-state index in [1.807, 2.05) is 12.1 Å². The van der Waals surface area contributed by atoms with Gasteiger partial charge in [0.25, 0.3) is 0 Å². The Morgan fingerprint density at radius 1 is 1.04 bits per heavy atom. The van der Waals surface area contributed by atoms with Gasteiger partial charge in [-0.3, -0.25) is 0 Å². The highest BCUT2D eigenvalue weighted by Crippen LogP contribution is 2.28. The summed E-state index contributed by atoms with van der Waals surface area (Å²) in [5.41, 5.74) is 3.87. The van der Waals surface area contributed by atoms with Crippen molar-refractivity contribution in [3.8, 4) is 5.75 Å². The van der Waals surface area contributed by atoms with Crippen LogP contribution >= 0.6 is 0 Å². The molecule has 1 aliphatic rings. The zero-order valence-electron chi connectivity index (χ0n) is 13.9. The van der Waals surface area contributed by atoms with E-state index in [9.17, 15) is 0 Å². The molecule has 0 amide bonds. The molecule has 1 fully saturated rings. The van der Waals surface area contributed by atoms with Crippen LogP contribution in [0.25, 0.3) is 0 Å². The van der Waals surface area contributed by atoms with Gasteiger partial charge in [-0.15, -0.1) is 0 Å². The lowest BCUT2D eigenvalue weighted by Gasteiger charge is -2.32. The van der Waals surface area contributed by atoms with E-state index in [4.69, 9.17) is 9.47 Å². The van der Waals surface area contributed by atoms with Crippen LogP contribution in [-0.4, -0.2) is 26.3 Å². The van der Waals surface area contributed by atoms with E-state index in [-0.39, 0.29) is 6.10 Å². The van der Waals surface area contributed by atoms with E-state index in [1.54, 1.807) is 7.11 Å². The molecule has 1 aliphatic heterocycles. The number of piperidine rings is 1. The molecule has 0 aliphatic carbocycles. The van der Waals surface area contributed by atoms with Crippen LogP contribution in [0.4, 0.5) is 0 Å². The molecule has 1 N–H and O–H groups in total. The zero-order chi connectivity index (χ0) is 16.1. The second-order valence-electron chi connectivity index (χ2n) is 6.21. The SMILES string of the molecule is COc1ccc(CO[C@H]2CNCCC2c2ccc(C)cc2)cc1. The predicted molar refractivity (Wildman–Crippen MR) is 93.0 cm³/mol. The van der Waals surface area contributed by atoms with E-state index in [0.717, 1.165) is 25.3 Å². The normalized spacial score (nSPS) is 21.1. The van der Waals surface area contributed by atoms with Crippen LogP contribution in [0.15, 0.2) is 48.5 Å². The van der Waals surface area contributed by atoms with E-state index >= 15 is 0 Å². The average Bonchev–Trinajstić information content (AvgIpc) is 2.61. The third-order valence-electron chi connectivity index (χ3n) is 4.56. The van der Waals surface area contributed by atoms with Gasteiger partial charge in [0.2, 0.25) is 0 Å². The van der Waals surface area contributed by atoms with Crippen LogP contribution in [0, 0.1) is 6.92 Å². The molecule has 122 valence electrons. The lowest BCUT2D eigenvalue weighted by atomic mass is 9.87. The van der Waals surface area contributed by atoms with E-state index in [1.165, 1.54) is 16.7 Å². The Hall–Kier alpha value is -1.84. The summed E-state index contributed by atoms with van der Waals surface area (Å²) in [5.74, 6) is 1.35. The minimum Gasteiger partial charge on any atom is -0.497 e. The van der Waals surface area contributed by atoms with Crippen LogP contribution in [0.2, 0.25) is 0 Å². The first-order valence-corrected chi connectivity index (χ1v) is 8.28. The molecular weight excluding hydrogens is 286 g/mol. The highest BCUT2D eigenvalue weighted by Gasteiger charge is 2.27. The number of hydrogen-bond acceptors (Lipinski definition) is 3. The Morgan fingerprint density at radius 3 is 2.48 bits per heavy atom. The molecule has 0 saturated carbocycles. The first-order chi connectivity index (χ1) is 11.3. The van der Waals surface area contributed by atoms with Crippen molar-refractivity contribution in [2.75, 3.05) is 20.2 Å². The van der Waals surface area contributed by atoms with Crippen LogP contribution in [0.1, 0.15) is 29.0 Å². The number of ether oxygens (including phenoxy) is 2. The quantitative estimate of drug-likeness (QED) is 0.914. The summed E-state index contributed by atoms with van der Waals surface area (Å²) >= 11 is 0. The maximum atomic E-state index is 6.24. The Labute approximate surface area is 138 Å². The van der Waals surface area contributed by atoms with Crippen molar-refractivity contribution in [3.63, 3.8) is 0 Å². The van der Waals surface area contributed by atoms with Crippen LogP contribution in [-0.2, 0) is 11.3 Å². The first-order valence-electron chi connectivity index (χ1n) is 8.28. The second-order valence-corrected chi connectivity index (χ2v) is 6.21. The molecule has 1 unspecified atom stereocenters. The van der Waals surface area contributed by atoms with Gasteiger partial charge in [0.15, 0.2) is 0 Å². The van der Waals surface area contributed by atoms with Crippen molar-refractivity contribution in [2.24, 2.45) is 0 Å². The Bertz CT molecular complexity index is 607. The standard InChI is InChI=1S/C20H25NO2/c1-15-3-7-17(8-4-15)19-11-12-21-13-20(19)23-14-16-5-9-18(22-2)10-6-16/h3-10,19-21H,11-14H2,1-2H3/t19?,20-/m0/s1. The van der Waals surface area contributed by atoms with Crippen LogP contribution < -0.4 is 10.1 Å². The summed E-state index contributed by atoms with van der Waals surface area (Å²) in [6.07, 6.45) is 1.34. The molecule has 0 bridgehead atoms. The summed E-state index contributed by atoms with van der Waals surface area (Å²) in [4.78, 5) is 0. The minimum absolute atomic E-state index is 0.216. The monoisotopic (exact) mass is 311 g/mol. The van der Waals surface area contributed by atoms with Crippen LogP contribution in [0.3, 0.4) is 0 Å². The summed E-state index contributed by atoms with van der Waals surface area (Å²) in [6, 6.07) is 17.0. The van der Waals surface area contributed by atoms with E-state index in [2.05, 4.69) is 48.6 Å². The molecule has 2 aromatic rings. The van der Waals surface area contributed by atoms with Gasteiger partial charge < -0.3 is 14.8 Å². The smallest absolute Gasteiger partial charge is 0.118 e. The predicted octanol–water partition coefficient (Wildman–Crippen LogP) is 3.67. The average molecular weight is 311 g/mol. The molecule has 2 atom stereocenters. The molecule has 3 rings (SSSR count). The number of aryl methyl sites for hydroxylation is 1. The molecular formula is C20H25NO2. The van der Waals surface area contributed by atoms with Gasteiger partial charge >= 0.3 is 0 Å². The number of rotatable bonds is 5. The molecule has 0 radical (unpaired) electrons. The van der Waals surface area contributed by atoms with Gasteiger partial charge in [-0.05, 0) is 43.1 Å². The molecule has 3 nitrogen and oxygen atoms in total. The van der Waals surface area contributed by atoms with Crippen molar-refractivity contribution in [1.82, 2.24) is 5.32 Å². The Balaban J connectivity index is 1.65. The third kappa shape index (κ3) is 4.12. The molecule has 2 aromatic carbocycles. The fourth-order valence-electron chi connectivity index (χ4n) is 3.13. The number of benzene rings is 2. The molecule has 1 saturated heterocycles. The molecule has 23 heavy (non-hydrogen) atoms. The highest BCUT2D eigenvalue weighted by molar-refractivity contribution is 5.27. The summed E-state index contributed by atoms with van der Waals surface area (Å²) in [7, 11) is 1.69. The summed E-state index contributed by atoms with van der Waals surface area (Å²) in [6.45, 7) is 4.73. The van der Waals surface area contributed by atoms with Gasteiger partial charge in [0.1, 0.15) is 5.75 Å². The lowest BCUT2D eigenvalue weighted by molar-refractivity contribution is 0.0106. The van der Waals surface area contributed by atoms with E-state index in [0.29, 0.717) is 12.5 Å². The molecule has 0 aromatic heterocycles. The minimum atomic E-state index is 0.216. The molecule has 1 heterocycles. The van der Waals surface area contributed by atoms with Crippen molar-refractivity contribution in [1.29, 1.82) is 0 Å². The van der Waals surface area contributed by atoms with Gasteiger partial charge in [0.05, 0.1) is 19.8 Å². The first kappa shape index (κ1) is 16.0. The maximum absolute atomic E-state index is 6.24. The van der Waals surface area contributed by atoms with Crippen molar-refractivity contribution in [2.45, 2.75) is 32.0 Å². The zero-order valence-corrected chi connectivity index (χ0v) is 13.9. The Kier molecular flexibility index (Phi) is 5.31. The maximum Gasteiger partial charge on any atom is 0.118 e. The van der Waals surface area contributed by atoms with E-state index < -0.39 is 0 Å². The van der Waals surface area contributed by atoms with Gasteiger partial charge in [-0.2, -0.15) is 0 Å². The molecule has 0 spiro atoms. The second kappa shape index (κ2) is 7.62.